The Morgan fingerprint density at radius 1 is 1.03 bits per heavy atom. The third kappa shape index (κ3) is 5.38. The van der Waals surface area contributed by atoms with Crippen LogP contribution in [0.15, 0.2) is 96.8 Å². The number of para-hydroxylation sites is 1. The van der Waals surface area contributed by atoms with Gasteiger partial charge in [0, 0.05) is 51.7 Å². The molecule has 5 nitrogen and oxygen atoms in total. The zero-order valence-electron chi connectivity index (χ0n) is 19.2. The van der Waals surface area contributed by atoms with Crippen molar-refractivity contribution in [1.29, 1.82) is 5.26 Å². The number of nitrogens with zero attached hydrogens (tertiary/aromatic N) is 3. The molecule has 0 fully saturated rings. The largest absolute Gasteiger partial charge is 0.342 e. The van der Waals surface area contributed by atoms with Gasteiger partial charge in [-0.1, -0.05) is 72.3 Å². The summed E-state index contributed by atoms with van der Waals surface area (Å²) >= 11 is 7.34. The summed E-state index contributed by atoms with van der Waals surface area (Å²) in [6, 6.07) is 27.8. The number of anilines is 1. The van der Waals surface area contributed by atoms with Gasteiger partial charge in [0.2, 0.25) is 0 Å². The Morgan fingerprint density at radius 3 is 2.56 bits per heavy atom. The zero-order chi connectivity index (χ0) is 24.9. The van der Waals surface area contributed by atoms with E-state index in [2.05, 4.69) is 33.1 Å². The molecule has 5 rings (SSSR count). The Kier molecular flexibility index (Phi) is 6.94. The number of thiazole rings is 1. The van der Waals surface area contributed by atoms with Gasteiger partial charge in [0.1, 0.15) is 11.6 Å². The molecule has 0 atom stereocenters. The predicted octanol–water partition coefficient (Wildman–Crippen LogP) is 6.94. The standard InChI is InChI=1S/C29H21ClN4OS/c30-24-12-10-20(11-13-24)14-25-17-32-29(36-25)33-28(35)22(16-31)15-23-19-34(18-21-6-2-1-3-7-21)27-9-5-4-8-26(23)27/h1-13,15,17,19H,14,18H2,(H,32,33,35)/b22-15+. The number of rotatable bonds is 7. The van der Waals surface area contributed by atoms with Gasteiger partial charge >= 0.3 is 0 Å². The van der Waals surface area contributed by atoms with Crippen molar-refractivity contribution in [3.05, 3.63) is 123 Å². The highest BCUT2D eigenvalue weighted by Crippen LogP contribution is 2.26. The quantitative estimate of drug-likeness (QED) is 0.191. The third-order valence-corrected chi connectivity index (χ3v) is 6.91. The molecule has 1 N–H and O–H groups in total. The Hall–Kier alpha value is -4.18. The van der Waals surface area contributed by atoms with Crippen molar-refractivity contribution >= 4 is 51.0 Å². The lowest BCUT2D eigenvalue weighted by atomic mass is 10.1. The Labute approximate surface area is 217 Å². The highest BCUT2D eigenvalue weighted by Gasteiger charge is 2.15. The van der Waals surface area contributed by atoms with Crippen LogP contribution < -0.4 is 5.32 Å². The number of carbonyl (C=O) groups is 1. The number of nitrogens with one attached hydrogen (secondary N) is 1. The van der Waals surface area contributed by atoms with Gasteiger partial charge in [-0.25, -0.2) is 4.98 Å². The van der Waals surface area contributed by atoms with E-state index in [0.717, 1.165) is 26.9 Å². The van der Waals surface area contributed by atoms with Crippen LogP contribution in [0.5, 0.6) is 0 Å². The molecule has 0 spiro atoms. The Morgan fingerprint density at radius 2 is 1.78 bits per heavy atom. The molecule has 0 aliphatic rings. The second-order valence-electron chi connectivity index (χ2n) is 8.27. The lowest BCUT2D eigenvalue weighted by Gasteiger charge is -2.05. The minimum Gasteiger partial charge on any atom is -0.342 e. The fraction of sp³-hybridized carbons (Fsp3) is 0.0690. The SMILES string of the molecule is N#C/C(=C\c1cn(Cc2ccccc2)c2ccccc12)C(=O)Nc1ncc(Cc2ccc(Cl)cc2)s1. The second kappa shape index (κ2) is 10.6. The van der Waals surface area contributed by atoms with Gasteiger partial charge in [-0.2, -0.15) is 5.26 Å². The van der Waals surface area contributed by atoms with Gasteiger partial charge in [0.25, 0.3) is 5.91 Å². The average Bonchev–Trinajstić information content (AvgIpc) is 3.48. The molecule has 36 heavy (non-hydrogen) atoms. The van der Waals surface area contributed by atoms with E-state index >= 15 is 0 Å². The van der Waals surface area contributed by atoms with E-state index in [-0.39, 0.29) is 5.57 Å². The molecule has 0 saturated heterocycles. The van der Waals surface area contributed by atoms with Crippen molar-refractivity contribution in [3.63, 3.8) is 0 Å². The molecule has 176 valence electrons. The van der Waals surface area contributed by atoms with E-state index in [0.29, 0.717) is 23.1 Å². The number of nitriles is 1. The summed E-state index contributed by atoms with van der Waals surface area (Å²) in [5.74, 6) is -0.482. The van der Waals surface area contributed by atoms with Crippen molar-refractivity contribution in [2.45, 2.75) is 13.0 Å². The van der Waals surface area contributed by atoms with E-state index in [1.54, 1.807) is 12.3 Å². The number of hydrogen-bond donors (Lipinski definition) is 1. The molecule has 0 saturated carbocycles. The van der Waals surface area contributed by atoms with E-state index in [4.69, 9.17) is 11.6 Å². The number of halogens is 1. The van der Waals surface area contributed by atoms with Crippen LogP contribution >= 0.6 is 22.9 Å². The van der Waals surface area contributed by atoms with Crippen LogP contribution in [0.2, 0.25) is 5.02 Å². The molecular weight excluding hydrogens is 488 g/mol. The number of aromatic nitrogens is 2. The zero-order valence-corrected chi connectivity index (χ0v) is 20.8. The van der Waals surface area contributed by atoms with Gasteiger partial charge < -0.3 is 4.57 Å². The number of hydrogen-bond acceptors (Lipinski definition) is 4. The van der Waals surface area contributed by atoms with Crippen LogP contribution in [0, 0.1) is 11.3 Å². The normalized spacial score (nSPS) is 11.4. The van der Waals surface area contributed by atoms with E-state index in [9.17, 15) is 10.1 Å². The minimum absolute atomic E-state index is 0.0204. The first kappa shape index (κ1) is 23.6. The van der Waals surface area contributed by atoms with Crippen LogP contribution in [0.4, 0.5) is 5.13 Å². The van der Waals surface area contributed by atoms with Crippen LogP contribution in [0.3, 0.4) is 0 Å². The first-order valence-electron chi connectivity index (χ1n) is 11.3. The smallest absolute Gasteiger partial charge is 0.268 e. The Bertz CT molecular complexity index is 1590. The summed E-state index contributed by atoms with van der Waals surface area (Å²) in [4.78, 5) is 18.2. The summed E-state index contributed by atoms with van der Waals surface area (Å²) in [5.41, 5.74) is 4.15. The van der Waals surface area contributed by atoms with Gasteiger partial charge in [0.05, 0.1) is 0 Å². The van der Waals surface area contributed by atoms with Gasteiger partial charge in [-0.15, -0.1) is 11.3 Å². The molecular formula is C29H21ClN4OS. The molecule has 0 unspecified atom stereocenters. The molecule has 0 bridgehead atoms. The number of benzene rings is 3. The van der Waals surface area contributed by atoms with E-state index in [1.165, 1.54) is 16.9 Å². The molecule has 0 radical (unpaired) electrons. The van der Waals surface area contributed by atoms with Crippen LogP contribution in [-0.2, 0) is 17.8 Å². The highest BCUT2D eigenvalue weighted by atomic mass is 35.5. The maximum Gasteiger partial charge on any atom is 0.268 e. The fourth-order valence-corrected chi connectivity index (χ4v) is 4.99. The van der Waals surface area contributed by atoms with Crippen molar-refractivity contribution in [2.24, 2.45) is 0 Å². The fourth-order valence-electron chi connectivity index (χ4n) is 4.02. The van der Waals surface area contributed by atoms with Gasteiger partial charge in [0.15, 0.2) is 5.13 Å². The summed E-state index contributed by atoms with van der Waals surface area (Å²) in [5, 5.41) is 14.7. The van der Waals surface area contributed by atoms with Crippen molar-refractivity contribution in [2.75, 3.05) is 5.32 Å². The molecule has 0 aliphatic heterocycles. The average molecular weight is 509 g/mol. The minimum atomic E-state index is -0.482. The predicted molar refractivity (Wildman–Crippen MR) is 146 cm³/mol. The van der Waals surface area contributed by atoms with Gasteiger partial charge in [-0.3, -0.25) is 10.1 Å². The van der Waals surface area contributed by atoms with E-state index in [1.807, 2.05) is 72.9 Å². The van der Waals surface area contributed by atoms with Gasteiger partial charge in [-0.05, 0) is 35.4 Å². The molecule has 1 amide bonds. The molecule has 5 aromatic rings. The lowest BCUT2D eigenvalue weighted by Crippen LogP contribution is -2.13. The molecule has 2 heterocycles. The number of fused-ring (bicyclic) bond motifs is 1. The van der Waals surface area contributed by atoms with Crippen molar-refractivity contribution in [3.8, 4) is 6.07 Å². The first-order valence-corrected chi connectivity index (χ1v) is 12.5. The number of amides is 1. The number of carbonyl (C=O) groups excluding carboxylic acids is 1. The van der Waals surface area contributed by atoms with Crippen molar-refractivity contribution < 1.29 is 4.79 Å². The third-order valence-electron chi connectivity index (χ3n) is 5.75. The first-order chi connectivity index (χ1) is 17.6. The maximum atomic E-state index is 12.9. The van der Waals surface area contributed by atoms with Crippen LogP contribution in [0.1, 0.15) is 21.6 Å². The summed E-state index contributed by atoms with van der Waals surface area (Å²) in [6.07, 6.45) is 6.05. The highest BCUT2D eigenvalue weighted by molar-refractivity contribution is 7.15. The van der Waals surface area contributed by atoms with Crippen LogP contribution in [0.25, 0.3) is 17.0 Å². The maximum absolute atomic E-state index is 12.9. The summed E-state index contributed by atoms with van der Waals surface area (Å²) in [6.45, 7) is 0.693. The van der Waals surface area contributed by atoms with E-state index < -0.39 is 5.91 Å². The molecule has 0 aliphatic carbocycles. The lowest BCUT2D eigenvalue weighted by molar-refractivity contribution is -0.112. The summed E-state index contributed by atoms with van der Waals surface area (Å²) < 4.78 is 2.13. The molecule has 3 aromatic carbocycles. The molecule has 7 heteroatoms. The monoisotopic (exact) mass is 508 g/mol. The molecule has 2 aromatic heterocycles. The van der Waals surface area contributed by atoms with Crippen LogP contribution in [-0.4, -0.2) is 15.5 Å². The van der Waals surface area contributed by atoms with Crippen molar-refractivity contribution in [1.82, 2.24) is 9.55 Å². The topological polar surface area (TPSA) is 70.7 Å². The second-order valence-corrected chi connectivity index (χ2v) is 9.83. The summed E-state index contributed by atoms with van der Waals surface area (Å²) in [7, 11) is 0. The Balaban J connectivity index is 1.36.